The van der Waals surface area contributed by atoms with E-state index in [-0.39, 0.29) is 12.5 Å². The van der Waals surface area contributed by atoms with E-state index >= 15 is 0 Å². The molecule has 1 unspecified atom stereocenters. The summed E-state index contributed by atoms with van der Waals surface area (Å²) in [5.41, 5.74) is 3.60. The largest absolute Gasteiger partial charge is 0.396 e. The van der Waals surface area contributed by atoms with Gasteiger partial charge in [0.1, 0.15) is 0 Å². The van der Waals surface area contributed by atoms with Crippen LogP contribution in [0.25, 0.3) is 0 Å². The average molecular weight is 276 g/mol. The summed E-state index contributed by atoms with van der Waals surface area (Å²) in [6, 6.07) is 10.2. The van der Waals surface area contributed by atoms with Gasteiger partial charge in [0, 0.05) is 19.0 Å². The van der Waals surface area contributed by atoms with E-state index < -0.39 is 0 Å². The molecule has 2 rings (SSSR count). The van der Waals surface area contributed by atoms with Gasteiger partial charge in [-0.1, -0.05) is 35.9 Å². The zero-order chi connectivity index (χ0) is 13.7. The van der Waals surface area contributed by atoms with E-state index in [1.807, 2.05) is 18.2 Å². The van der Waals surface area contributed by atoms with Crippen molar-refractivity contribution >= 4 is 11.6 Å². The highest BCUT2D eigenvalue weighted by molar-refractivity contribution is 6.31. The summed E-state index contributed by atoms with van der Waals surface area (Å²) in [5.74, 6) is 0.181. The molecule has 0 saturated heterocycles. The minimum atomic E-state index is 0.160. The Labute approximate surface area is 119 Å². The van der Waals surface area contributed by atoms with Gasteiger partial charge in [-0.05, 0) is 48.4 Å². The molecule has 2 aromatic rings. The monoisotopic (exact) mass is 275 g/mol. The third-order valence-corrected chi connectivity index (χ3v) is 3.73. The highest BCUT2D eigenvalue weighted by Gasteiger charge is 2.12. The Hall–Kier alpha value is -1.38. The van der Waals surface area contributed by atoms with Gasteiger partial charge in [0.15, 0.2) is 0 Å². The average Bonchev–Trinajstić information content (AvgIpc) is 2.42. The van der Waals surface area contributed by atoms with Crippen molar-refractivity contribution in [2.24, 2.45) is 5.92 Å². The minimum absolute atomic E-state index is 0.160. The summed E-state index contributed by atoms with van der Waals surface area (Å²) >= 11 is 6.12. The Bertz CT molecular complexity index is 494. The van der Waals surface area contributed by atoms with E-state index in [1.54, 1.807) is 12.4 Å². The maximum absolute atomic E-state index is 9.57. The van der Waals surface area contributed by atoms with Crippen molar-refractivity contribution in [2.75, 3.05) is 6.61 Å². The van der Waals surface area contributed by atoms with Crippen LogP contribution in [0.3, 0.4) is 0 Å². The van der Waals surface area contributed by atoms with Crippen molar-refractivity contribution in [1.82, 2.24) is 4.98 Å². The number of aromatic nitrogens is 1. The number of aryl methyl sites for hydroxylation is 1. The van der Waals surface area contributed by atoms with E-state index in [0.29, 0.717) is 5.02 Å². The first-order chi connectivity index (χ1) is 9.20. The van der Waals surface area contributed by atoms with Gasteiger partial charge in [-0.15, -0.1) is 0 Å². The van der Waals surface area contributed by atoms with Crippen molar-refractivity contribution in [3.05, 3.63) is 64.4 Å². The van der Waals surface area contributed by atoms with Gasteiger partial charge in [-0.2, -0.15) is 0 Å². The van der Waals surface area contributed by atoms with Crippen LogP contribution in [0.2, 0.25) is 5.02 Å². The lowest BCUT2D eigenvalue weighted by molar-refractivity contribution is 0.225. The number of hydrogen-bond acceptors (Lipinski definition) is 2. The van der Waals surface area contributed by atoms with E-state index in [9.17, 15) is 5.11 Å². The van der Waals surface area contributed by atoms with Gasteiger partial charge < -0.3 is 5.11 Å². The minimum Gasteiger partial charge on any atom is -0.396 e. The predicted octanol–water partition coefficient (Wildman–Crippen LogP) is 3.44. The zero-order valence-corrected chi connectivity index (χ0v) is 11.8. The van der Waals surface area contributed by atoms with Crippen LogP contribution in [-0.2, 0) is 12.8 Å². The Morgan fingerprint density at radius 1 is 1.16 bits per heavy atom. The molecule has 0 fully saturated rings. The summed E-state index contributed by atoms with van der Waals surface area (Å²) in [7, 11) is 0. The van der Waals surface area contributed by atoms with Gasteiger partial charge in [0.05, 0.1) is 5.02 Å². The van der Waals surface area contributed by atoms with Gasteiger partial charge in [-0.25, -0.2) is 0 Å². The van der Waals surface area contributed by atoms with Crippen molar-refractivity contribution in [1.29, 1.82) is 0 Å². The van der Waals surface area contributed by atoms with Crippen LogP contribution in [0.1, 0.15) is 16.7 Å². The van der Waals surface area contributed by atoms with E-state index in [4.69, 9.17) is 11.6 Å². The fourth-order valence-electron chi connectivity index (χ4n) is 2.23. The summed E-state index contributed by atoms with van der Waals surface area (Å²) < 4.78 is 0. The maximum Gasteiger partial charge on any atom is 0.0621 e. The standard InChI is InChI=1S/C16H18ClNO/c1-12-4-2-3-5-14(12)8-13(11-19)9-15-6-7-18-10-16(15)17/h2-7,10,13,19H,8-9,11H2,1H3. The van der Waals surface area contributed by atoms with Crippen LogP contribution in [0, 0.1) is 12.8 Å². The molecular weight excluding hydrogens is 258 g/mol. The van der Waals surface area contributed by atoms with Crippen molar-refractivity contribution in [3.8, 4) is 0 Å². The highest BCUT2D eigenvalue weighted by atomic mass is 35.5. The lowest BCUT2D eigenvalue weighted by atomic mass is 9.92. The number of pyridine rings is 1. The van der Waals surface area contributed by atoms with Gasteiger partial charge >= 0.3 is 0 Å². The Morgan fingerprint density at radius 3 is 2.58 bits per heavy atom. The summed E-state index contributed by atoms with van der Waals surface area (Å²) in [4.78, 5) is 3.98. The molecule has 0 radical (unpaired) electrons. The third-order valence-electron chi connectivity index (χ3n) is 3.39. The quantitative estimate of drug-likeness (QED) is 0.907. The van der Waals surface area contributed by atoms with Crippen molar-refractivity contribution in [2.45, 2.75) is 19.8 Å². The SMILES string of the molecule is Cc1ccccc1CC(CO)Cc1ccncc1Cl. The topological polar surface area (TPSA) is 33.1 Å². The molecule has 0 aliphatic heterocycles. The first kappa shape index (κ1) is 14.0. The lowest BCUT2D eigenvalue weighted by Gasteiger charge is -2.16. The number of nitrogens with zero attached hydrogens (tertiary/aromatic N) is 1. The molecule has 0 bridgehead atoms. The van der Waals surface area contributed by atoms with Crippen LogP contribution >= 0.6 is 11.6 Å². The maximum atomic E-state index is 9.57. The van der Waals surface area contributed by atoms with Crippen molar-refractivity contribution < 1.29 is 5.11 Å². The second-order valence-electron chi connectivity index (χ2n) is 4.85. The first-order valence-corrected chi connectivity index (χ1v) is 6.82. The number of aliphatic hydroxyl groups excluding tert-OH is 1. The first-order valence-electron chi connectivity index (χ1n) is 6.44. The van der Waals surface area contributed by atoms with E-state index in [1.165, 1.54) is 11.1 Å². The van der Waals surface area contributed by atoms with Crippen LogP contribution < -0.4 is 0 Å². The highest BCUT2D eigenvalue weighted by Crippen LogP contribution is 2.21. The van der Waals surface area contributed by atoms with Crippen LogP contribution in [0.5, 0.6) is 0 Å². The number of aliphatic hydroxyl groups is 1. The van der Waals surface area contributed by atoms with Crippen molar-refractivity contribution in [3.63, 3.8) is 0 Å². The normalized spacial score (nSPS) is 12.4. The van der Waals surface area contributed by atoms with Gasteiger partial charge in [0.25, 0.3) is 0 Å². The molecule has 1 heterocycles. The number of hydrogen-bond donors (Lipinski definition) is 1. The summed E-state index contributed by atoms with van der Waals surface area (Å²) in [5, 5.41) is 10.2. The predicted molar refractivity (Wildman–Crippen MR) is 78.4 cm³/mol. The molecule has 1 aromatic heterocycles. The Kier molecular flexibility index (Phi) is 4.94. The second kappa shape index (κ2) is 6.69. The number of benzene rings is 1. The second-order valence-corrected chi connectivity index (χ2v) is 5.26. The molecule has 1 N–H and O–H groups in total. The molecule has 0 spiro atoms. The lowest BCUT2D eigenvalue weighted by Crippen LogP contribution is -2.14. The smallest absolute Gasteiger partial charge is 0.0621 e. The van der Waals surface area contributed by atoms with Crippen LogP contribution in [-0.4, -0.2) is 16.7 Å². The molecule has 2 nitrogen and oxygen atoms in total. The molecular formula is C16H18ClNO. The molecule has 1 atom stereocenters. The molecule has 1 aromatic carbocycles. The fraction of sp³-hybridized carbons (Fsp3) is 0.312. The summed E-state index contributed by atoms with van der Waals surface area (Å²) in [6.45, 7) is 2.26. The van der Waals surface area contributed by atoms with Gasteiger partial charge in [0.2, 0.25) is 0 Å². The molecule has 0 aliphatic rings. The van der Waals surface area contributed by atoms with Gasteiger partial charge in [-0.3, -0.25) is 4.98 Å². The van der Waals surface area contributed by atoms with E-state index in [2.05, 4.69) is 24.0 Å². The molecule has 3 heteroatoms. The molecule has 0 saturated carbocycles. The fourth-order valence-corrected chi connectivity index (χ4v) is 2.43. The molecule has 0 aliphatic carbocycles. The van der Waals surface area contributed by atoms with E-state index in [0.717, 1.165) is 18.4 Å². The van der Waals surface area contributed by atoms with Crippen LogP contribution in [0.4, 0.5) is 0 Å². The Balaban J connectivity index is 2.09. The van der Waals surface area contributed by atoms with Crippen LogP contribution in [0.15, 0.2) is 42.7 Å². The molecule has 0 amide bonds. The summed E-state index contributed by atoms with van der Waals surface area (Å²) in [6.07, 6.45) is 5.02. The Morgan fingerprint density at radius 2 is 1.89 bits per heavy atom. The number of halogens is 1. The third kappa shape index (κ3) is 3.79. The number of rotatable bonds is 5. The molecule has 19 heavy (non-hydrogen) atoms. The zero-order valence-electron chi connectivity index (χ0n) is 11.0. The molecule has 100 valence electrons.